The van der Waals surface area contributed by atoms with E-state index in [0.717, 1.165) is 5.56 Å². The van der Waals surface area contributed by atoms with E-state index in [1.54, 1.807) is 0 Å². The van der Waals surface area contributed by atoms with Crippen molar-refractivity contribution in [3.63, 3.8) is 0 Å². The number of carboxylic acids is 1. The highest BCUT2D eigenvalue weighted by Gasteiger charge is 2.21. The first kappa shape index (κ1) is 11.8. The fraction of sp³-hybridized carbons (Fsp3) is 0.462. The van der Waals surface area contributed by atoms with Crippen molar-refractivity contribution in [1.29, 1.82) is 0 Å². The number of aliphatic carboxylic acids is 1. The summed E-state index contributed by atoms with van der Waals surface area (Å²) in [5.41, 5.74) is 2.30. The molecule has 1 aromatic carbocycles. The van der Waals surface area contributed by atoms with Crippen LogP contribution in [0.4, 0.5) is 0 Å². The largest absolute Gasteiger partial charge is 0.481 e. The van der Waals surface area contributed by atoms with Gasteiger partial charge in [-0.2, -0.15) is 0 Å². The molecule has 0 saturated carbocycles. The summed E-state index contributed by atoms with van der Waals surface area (Å²) < 4.78 is 0. The van der Waals surface area contributed by atoms with Crippen molar-refractivity contribution in [3.8, 4) is 0 Å². The molecule has 0 amide bonds. The van der Waals surface area contributed by atoms with E-state index < -0.39 is 5.97 Å². The molecule has 15 heavy (non-hydrogen) atoms. The maximum atomic E-state index is 11.0. The summed E-state index contributed by atoms with van der Waals surface area (Å²) in [4.78, 5) is 11.0. The van der Waals surface area contributed by atoms with E-state index in [1.165, 1.54) is 5.56 Å². The van der Waals surface area contributed by atoms with Crippen LogP contribution in [0.5, 0.6) is 0 Å². The zero-order valence-electron chi connectivity index (χ0n) is 9.53. The zero-order valence-corrected chi connectivity index (χ0v) is 9.53. The van der Waals surface area contributed by atoms with Crippen LogP contribution in [-0.4, -0.2) is 11.1 Å². The normalized spacial score (nSPS) is 12.8. The summed E-state index contributed by atoms with van der Waals surface area (Å²) in [5, 5.41) is 9.06. The Morgan fingerprint density at radius 1 is 1.27 bits per heavy atom. The van der Waals surface area contributed by atoms with Gasteiger partial charge in [0.05, 0.1) is 5.92 Å². The van der Waals surface area contributed by atoms with Crippen LogP contribution in [0.2, 0.25) is 0 Å². The Labute approximate surface area is 90.9 Å². The van der Waals surface area contributed by atoms with Gasteiger partial charge in [0.2, 0.25) is 0 Å². The molecule has 0 aliphatic heterocycles. The molecule has 82 valence electrons. The predicted octanol–water partition coefficient (Wildman–Crippen LogP) is 2.89. The number of aryl methyl sites for hydroxylation is 1. The van der Waals surface area contributed by atoms with Gasteiger partial charge < -0.3 is 5.11 Å². The smallest absolute Gasteiger partial charge is 0.307 e. The first-order chi connectivity index (χ1) is 7.00. The third kappa shape index (κ3) is 3.39. The molecule has 0 bridgehead atoms. The Morgan fingerprint density at radius 2 is 1.80 bits per heavy atom. The summed E-state index contributed by atoms with van der Waals surface area (Å²) in [6, 6.07) is 8.06. The van der Waals surface area contributed by atoms with Gasteiger partial charge in [0, 0.05) is 0 Å². The summed E-state index contributed by atoms with van der Waals surface area (Å²) in [6.07, 6.45) is 0.618. The lowest BCUT2D eigenvalue weighted by molar-refractivity contribution is -0.143. The molecular weight excluding hydrogens is 188 g/mol. The number of carbonyl (C=O) groups is 1. The minimum atomic E-state index is -0.703. The lowest BCUT2D eigenvalue weighted by Crippen LogP contribution is -2.22. The van der Waals surface area contributed by atoms with Gasteiger partial charge in [-0.1, -0.05) is 43.7 Å². The highest BCUT2D eigenvalue weighted by atomic mass is 16.4. The molecular formula is C13H18O2. The average Bonchev–Trinajstić information content (AvgIpc) is 2.15. The van der Waals surface area contributed by atoms with E-state index in [-0.39, 0.29) is 11.8 Å². The van der Waals surface area contributed by atoms with Crippen LogP contribution in [0.15, 0.2) is 24.3 Å². The number of hydrogen-bond donors (Lipinski definition) is 1. The quantitative estimate of drug-likeness (QED) is 0.822. The maximum absolute atomic E-state index is 11.0. The fourth-order valence-electron chi connectivity index (χ4n) is 1.59. The highest BCUT2D eigenvalue weighted by Crippen LogP contribution is 2.17. The van der Waals surface area contributed by atoms with E-state index >= 15 is 0 Å². The number of carboxylic acid groups (broad SMARTS) is 1. The van der Waals surface area contributed by atoms with Gasteiger partial charge in [0.25, 0.3) is 0 Å². The van der Waals surface area contributed by atoms with E-state index in [2.05, 4.69) is 0 Å². The van der Waals surface area contributed by atoms with Crippen LogP contribution in [0, 0.1) is 18.8 Å². The maximum Gasteiger partial charge on any atom is 0.307 e. The molecule has 0 aliphatic rings. The second-order valence-corrected chi connectivity index (χ2v) is 4.38. The molecule has 0 spiro atoms. The van der Waals surface area contributed by atoms with E-state index in [4.69, 9.17) is 5.11 Å². The van der Waals surface area contributed by atoms with Crippen LogP contribution in [-0.2, 0) is 11.2 Å². The monoisotopic (exact) mass is 206 g/mol. The number of benzene rings is 1. The SMILES string of the molecule is Cc1ccc(C[C@@H](C(=O)O)C(C)C)cc1. The molecule has 1 rings (SSSR count). The van der Waals surface area contributed by atoms with Gasteiger partial charge in [-0.25, -0.2) is 0 Å². The van der Waals surface area contributed by atoms with Gasteiger partial charge in [0.1, 0.15) is 0 Å². The molecule has 0 aromatic heterocycles. The molecule has 0 unspecified atom stereocenters. The Bertz CT molecular complexity index is 325. The van der Waals surface area contributed by atoms with Crippen LogP contribution in [0.1, 0.15) is 25.0 Å². The number of hydrogen-bond acceptors (Lipinski definition) is 1. The Morgan fingerprint density at radius 3 is 2.20 bits per heavy atom. The molecule has 0 radical (unpaired) electrons. The van der Waals surface area contributed by atoms with E-state index in [9.17, 15) is 4.79 Å². The van der Waals surface area contributed by atoms with Crippen LogP contribution in [0.3, 0.4) is 0 Å². The van der Waals surface area contributed by atoms with E-state index in [1.807, 2.05) is 45.0 Å². The molecule has 0 heterocycles. The van der Waals surface area contributed by atoms with Gasteiger partial charge >= 0.3 is 5.97 Å². The van der Waals surface area contributed by atoms with Crippen molar-refractivity contribution < 1.29 is 9.90 Å². The zero-order chi connectivity index (χ0) is 11.4. The molecule has 1 aromatic rings. The Kier molecular flexibility index (Phi) is 3.89. The topological polar surface area (TPSA) is 37.3 Å². The van der Waals surface area contributed by atoms with Gasteiger partial charge in [-0.15, -0.1) is 0 Å². The molecule has 2 heteroatoms. The predicted molar refractivity (Wildman–Crippen MR) is 60.8 cm³/mol. The van der Waals surface area contributed by atoms with Crippen molar-refractivity contribution in [3.05, 3.63) is 35.4 Å². The highest BCUT2D eigenvalue weighted by molar-refractivity contribution is 5.70. The third-order valence-corrected chi connectivity index (χ3v) is 2.70. The summed E-state index contributed by atoms with van der Waals surface area (Å²) in [6.45, 7) is 5.93. The molecule has 1 N–H and O–H groups in total. The molecule has 0 fully saturated rings. The van der Waals surface area contributed by atoms with E-state index in [0.29, 0.717) is 6.42 Å². The Balaban J connectivity index is 2.74. The van der Waals surface area contributed by atoms with Crippen molar-refractivity contribution >= 4 is 5.97 Å². The minimum absolute atomic E-state index is 0.170. The van der Waals surface area contributed by atoms with Gasteiger partial charge in [-0.3, -0.25) is 4.79 Å². The Hall–Kier alpha value is -1.31. The summed E-state index contributed by atoms with van der Waals surface area (Å²) in [7, 11) is 0. The molecule has 0 saturated heterocycles. The molecule has 2 nitrogen and oxygen atoms in total. The first-order valence-corrected chi connectivity index (χ1v) is 5.29. The minimum Gasteiger partial charge on any atom is -0.481 e. The first-order valence-electron chi connectivity index (χ1n) is 5.29. The van der Waals surface area contributed by atoms with Crippen LogP contribution < -0.4 is 0 Å². The third-order valence-electron chi connectivity index (χ3n) is 2.70. The number of rotatable bonds is 4. The summed E-state index contributed by atoms with van der Waals surface area (Å²) >= 11 is 0. The average molecular weight is 206 g/mol. The lowest BCUT2D eigenvalue weighted by atomic mass is 9.89. The second kappa shape index (κ2) is 4.96. The van der Waals surface area contributed by atoms with Crippen molar-refractivity contribution in [2.24, 2.45) is 11.8 Å². The standard InChI is InChI=1S/C13H18O2/c1-9(2)12(13(14)15)8-11-6-4-10(3)5-7-11/h4-7,9,12H,8H2,1-3H3,(H,14,15)/t12-/m1/s1. The second-order valence-electron chi connectivity index (χ2n) is 4.38. The van der Waals surface area contributed by atoms with Gasteiger partial charge in [-0.05, 0) is 24.8 Å². The van der Waals surface area contributed by atoms with Crippen molar-refractivity contribution in [2.45, 2.75) is 27.2 Å². The van der Waals surface area contributed by atoms with Crippen molar-refractivity contribution in [1.82, 2.24) is 0 Å². The molecule has 0 aliphatic carbocycles. The van der Waals surface area contributed by atoms with Crippen LogP contribution >= 0.6 is 0 Å². The van der Waals surface area contributed by atoms with Crippen LogP contribution in [0.25, 0.3) is 0 Å². The fourth-order valence-corrected chi connectivity index (χ4v) is 1.59. The van der Waals surface area contributed by atoms with Crippen molar-refractivity contribution in [2.75, 3.05) is 0 Å². The molecule has 1 atom stereocenters. The lowest BCUT2D eigenvalue weighted by Gasteiger charge is -2.16. The summed E-state index contributed by atoms with van der Waals surface area (Å²) in [5.74, 6) is -0.818. The van der Waals surface area contributed by atoms with Gasteiger partial charge in [0.15, 0.2) is 0 Å².